The number of ether oxygens (including phenoxy) is 2. The summed E-state index contributed by atoms with van der Waals surface area (Å²) in [6.07, 6.45) is 8.31. The van der Waals surface area contributed by atoms with Crippen LogP contribution in [0.15, 0.2) is 30.4 Å². The number of allylic oxidation sites excluding steroid dienone is 2. The fraction of sp³-hybridized carbons (Fsp3) is 0.591. The van der Waals surface area contributed by atoms with Crippen molar-refractivity contribution in [1.82, 2.24) is 5.32 Å². The van der Waals surface area contributed by atoms with Gasteiger partial charge < -0.3 is 14.8 Å². The molecule has 4 nitrogen and oxygen atoms in total. The van der Waals surface area contributed by atoms with Crippen LogP contribution in [-0.2, 0) is 4.79 Å². The fourth-order valence-electron chi connectivity index (χ4n) is 5.42. The van der Waals surface area contributed by atoms with E-state index in [0.717, 1.165) is 23.5 Å². The molecule has 4 heteroatoms. The first-order valence-corrected chi connectivity index (χ1v) is 9.97. The molecule has 1 N–H and O–H groups in total. The normalized spacial score (nSPS) is 30.7. The molecule has 4 atom stereocenters. The molecule has 2 saturated carbocycles. The van der Waals surface area contributed by atoms with Crippen LogP contribution in [-0.4, -0.2) is 19.1 Å². The zero-order valence-corrected chi connectivity index (χ0v) is 15.5. The average molecular weight is 353 g/mol. The fourth-order valence-corrected chi connectivity index (χ4v) is 5.42. The molecule has 4 unspecified atom stereocenters. The van der Waals surface area contributed by atoms with Gasteiger partial charge in [-0.1, -0.05) is 32.1 Å². The molecule has 1 heterocycles. The van der Waals surface area contributed by atoms with Gasteiger partial charge in [-0.2, -0.15) is 0 Å². The molecule has 0 radical (unpaired) electrons. The predicted octanol–water partition coefficient (Wildman–Crippen LogP) is 3.87. The average Bonchev–Trinajstić information content (AvgIpc) is 3.32. The van der Waals surface area contributed by atoms with Gasteiger partial charge in [0.25, 0.3) is 0 Å². The van der Waals surface area contributed by atoms with Crippen molar-refractivity contribution >= 4 is 5.91 Å². The van der Waals surface area contributed by atoms with Crippen molar-refractivity contribution in [2.75, 3.05) is 13.2 Å². The molecule has 26 heavy (non-hydrogen) atoms. The van der Waals surface area contributed by atoms with Gasteiger partial charge >= 0.3 is 0 Å². The van der Waals surface area contributed by atoms with Crippen LogP contribution in [0.1, 0.15) is 44.7 Å². The topological polar surface area (TPSA) is 47.6 Å². The molecule has 1 aromatic carbocycles. The number of nitrogens with one attached hydrogen (secondary N) is 1. The van der Waals surface area contributed by atoms with E-state index in [-0.39, 0.29) is 17.9 Å². The Kier molecular flexibility index (Phi) is 3.60. The molecule has 0 saturated heterocycles. The third-order valence-electron chi connectivity index (χ3n) is 6.95. The molecule has 2 fully saturated rings. The Labute approximate surface area is 154 Å². The van der Waals surface area contributed by atoms with E-state index >= 15 is 0 Å². The number of amides is 1. The van der Waals surface area contributed by atoms with E-state index < -0.39 is 0 Å². The molecule has 5 rings (SSSR count). The van der Waals surface area contributed by atoms with Crippen LogP contribution >= 0.6 is 0 Å². The molecule has 1 aliphatic heterocycles. The van der Waals surface area contributed by atoms with E-state index in [9.17, 15) is 4.79 Å². The maximum absolute atomic E-state index is 13.1. The van der Waals surface area contributed by atoms with Crippen molar-refractivity contribution in [1.29, 1.82) is 0 Å². The Morgan fingerprint density at radius 2 is 1.92 bits per heavy atom. The molecule has 1 amide bonds. The minimum atomic E-state index is -0.00316. The monoisotopic (exact) mass is 353 g/mol. The molecule has 1 aromatic rings. The Balaban J connectivity index is 1.35. The number of carbonyl (C=O) groups excluding carboxylic acids is 1. The second-order valence-corrected chi connectivity index (χ2v) is 8.73. The number of hydrogen-bond donors (Lipinski definition) is 1. The molecule has 3 aliphatic carbocycles. The van der Waals surface area contributed by atoms with Crippen LogP contribution in [0.2, 0.25) is 0 Å². The second-order valence-electron chi connectivity index (χ2n) is 8.73. The van der Waals surface area contributed by atoms with Crippen LogP contribution in [0.3, 0.4) is 0 Å². The zero-order valence-electron chi connectivity index (χ0n) is 15.5. The Bertz CT molecular complexity index is 765. The summed E-state index contributed by atoms with van der Waals surface area (Å²) in [6, 6.07) is 6.05. The summed E-state index contributed by atoms with van der Waals surface area (Å²) < 4.78 is 11.4. The highest BCUT2D eigenvalue weighted by molar-refractivity contribution is 5.81. The van der Waals surface area contributed by atoms with Gasteiger partial charge in [-0.3, -0.25) is 4.79 Å². The number of hydrogen-bond acceptors (Lipinski definition) is 3. The lowest BCUT2D eigenvalue weighted by atomic mass is 9.87. The molecule has 1 spiro atoms. The van der Waals surface area contributed by atoms with Gasteiger partial charge in [0.1, 0.15) is 13.2 Å². The molecule has 4 aliphatic rings. The highest BCUT2D eigenvalue weighted by Gasteiger charge is 2.64. The lowest BCUT2D eigenvalue weighted by Gasteiger charge is -2.28. The molecular formula is C22H27NO3. The third kappa shape index (κ3) is 2.38. The van der Waals surface area contributed by atoms with Crippen LogP contribution in [0.25, 0.3) is 0 Å². The second kappa shape index (κ2) is 5.77. The van der Waals surface area contributed by atoms with Crippen molar-refractivity contribution in [3.05, 3.63) is 35.9 Å². The van der Waals surface area contributed by atoms with Crippen molar-refractivity contribution in [3.63, 3.8) is 0 Å². The van der Waals surface area contributed by atoms with Crippen LogP contribution in [0, 0.1) is 29.1 Å². The van der Waals surface area contributed by atoms with Crippen LogP contribution in [0.5, 0.6) is 11.5 Å². The largest absolute Gasteiger partial charge is 0.486 e. The first-order chi connectivity index (χ1) is 12.6. The zero-order chi connectivity index (χ0) is 17.9. The van der Waals surface area contributed by atoms with Crippen molar-refractivity contribution in [2.24, 2.45) is 29.1 Å². The first-order valence-electron chi connectivity index (χ1n) is 9.97. The summed E-state index contributed by atoms with van der Waals surface area (Å²) in [5.74, 6) is 3.35. The van der Waals surface area contributed by atoms with Gasteiger partial charge in [0, 0.05) is 5.92 Å². The van der Waals surface area contributed by atoms with E-state index in [1.165, 1.54) is 12.8 Å². The summed E-state index contributed by atoms with van der Waals surface area (Å²) in [5.41, 5.74) is 1.55. The van der Waals surface area contributed by atoms with Crippen LogP contribution < -0.4 is 14.8 Å². The third-order valence-corrected chi connectivity index (χ3v) is 6.95. The first kappa shape index (κ1) is 16.2. The maximum atomic E-state index is 13.1. The SMILES string of the molecule is CC(C)C(NC(=O)C1CC2C=CC1C21CC1)c1ccc2c(c1)OCCO2. The van der Waals surface area contributed by atoms with Crippen LogP contribution in [0.4, 0.5) is 0 Å². The summed E-state index contributed by atoms with van der Waals surface area (Å²) in [4.78, 5) is 13.1. The van der Waals surface area contributed by atoms with Gasteiger partial charge in [-0.05, 0) is 60.1 Å². The van der Waals surface area contributed by atoms with E-state index in [2.05, 4.69) is 37.4 Å². The molecule has 138 valence electrons. The quantitative estimate of drug-likeness (QED) is 0.836. The van der Waals surface area contributed by atoms with Crippen molar-refractivity contribution in [3.8, 4) is 11.5 Å². The van der Waals surface area contributed by atoms with Gasteiger partial charge in [0.05, 0.1) is 6.04 Å². The highest BCUT2D eigenvalue weighted by atomic mass is 16.6. The molecule has 2 bridgehead atoms. The lowest BCUT2D eigenvalue weighted by molar-refractivity contribution is -0.127. The van der Waals surface area contributed by atoms with Gasteiger partial charge in [0.2, 0.25) is 5.91 Å². The Hall–Kier alpha value is -1.97. The number of fused-ring (bicyclic) bond motifs is 1. The maximum Gasteiger partial charge on any atom is 0.224 e. The Morgan fingerprint density at radius 3 is 2.62 bits per heavy atom. The number of carbonyl (C=O) groups is 1. The van der Waals surface area contributed by atoms with Gasteiger partial charge in [-0.25, -0.2) is 0 Å². The predicted molar refractivity (Wildman–Crippen MR) is 99.0 cm³/mol. The minimum absolute atomic E-state index is 0.00316. The smallest absolute Gasteiger partial charge is 0.224 e. The summed E-state index contributed by atoms with van der Waals surface area (Å²) in [7, 11) is 0. The summed E-state index contributed by atoms with van der Waals surface area (Å²) >= 11 is 0. The summed E-state index contributed by atoms with van der Waals surface area (Å²) in [5, 5.41) is 3.36. The van der Waals surface area contributed by atoms with Crippen molar-refractivity contribution < 1.29 is 14.3 Å². The number of benzene rings is 1. The van der Waals surface area contributed by atoms with E-state index in [1.54, 1.807) is 0 Å². The molecule has 0 aromatic heterocycles. The van der Waals surface area contributed by atoms with Gasteiger partial charge in [-0.15, -0.1) is 0 Å². The Morgan fingerprint density at radius 1 is 1.15 bits per heavy atom. The van der Waals surface area contributed by atoms with E-state index in [1.807, 2.05) is 12.1 Å². The standard InChI is InChI=1S/C22H27NO3/c1-13(2)20(14-3-6-18-19(11-14)26-10-9-25-18)23-21(24)16-12-15-4-5-17(16)22(15)7-8-22/h3-6,11,13,15-17,20H,7-10,12H2,1-2H3,(H,23,24). The van der Waals surface area contributed by atoms with E-state index in [4.69, 9.17) is 9.47 Å². The highest BCUT2D eigenvalue weighted by Crippen LogP contribution is 2.70. The van der Waals surface area contributed by atoms with Gasteiger partial charge in [0.15, 0.2) is 11.5 Å². The lowest BCUT2D eigenvalue weighted by Crippen LogP contribution is -2.38. The number of rotatable bonds is 4. The van der Waals surface area contributed by atoms with Crippen molar-refractivity contribution in [2.45, 2.75) is 39.2 Å². The molecular weight excluding hydrogens is 326 g/mol. The summed E-state index contributed by atoms with van der Waals surface area (Å²) in [6.45, 7) is 5.49. The minimum Gasteiger partial charge on any atom is -0.486 e. The van der Waals surface area contributed by atoms with E-state index in [0.29, 0.717) is 36.4 Å².